The van der Waals surface area contributed by atoms with Crippen LogP contribution in [0.3, 0.4) is 0 Å². The molecule has 1 N–H and O–H groups in total. The largest absolute Gasteiger partial charge is 0.464 e. The van der Waals surface area contributed by atoms with Crippen molar-refractivity contribution in [2.75, 3.05) is 11.9 Å². The highest BCUT2D eigenvalue weighted by atomic mass is 16.5. The fraction of sp³-hybridized carbons (Fsp3) is 0.238. The number of carbonyl (C=O) groups excluding carboxylic acids is 2. The molecule has 0 aliphatic heterocycles. The van der Waals surface area contributed by atoms with Crippen LogP contribution in [0.1, 0.15) is 22.3 Å². The summed E-state index contributed by atoms with van der Waals surface area (Å²) in [5.74, 6) is -0.831. The molecule has 3 rings (SSSR count). The molecule has 0 bridgehead atoms. The Labute approximate surface area is 152 Å². The van der Waals surface area contributed by atoms with Crippen molar-refractivity contribution in [3.63, 3.8) is 0 Å². The molecule has 0 aliphatic carbocycles. The van der Waals surface area contributed by atoms with Crippen molar-refractivity contribution < 1.29 is 18.7 Å². The number of hydrogen-bond donors (Lipinski definition) is 1. The number of benzene rings is 2. The Morgan fingerprint density at radius 1 is 1.04 bits per heavy atom. The van der Waals surface area contributed by atoms with Crippen molar-refractivity contribution in [2.24, 2.45) is 0 Å². The summed E-state index contributed by atoms with van der Waals surface area (Å²) in [6.45, 7) is 5.61. The van der Waals surface area contributed by atoms with Gasteiger partial charge >= 0.3 is 5.97 Å². The number of rotatable bonds is 5. The molecule has 1 aromatic heterocycles. The molecule has 26 heavy (non-hydrogen) atoms. The van der Waals surface area contributed by atoms with Crippen molar-refractivity contribution in [1.82, 2.24) is 0 Å². The van der Waals surface area contributed by atoms with E-state index in [0.29, 0.717) is 5.69 Å². The van der Waals surface area contributed by atoms with E-state index in [0.717, 1.165) is 33.2 Å². The number of fused-ring (bicyclic) bond motifs is 1. The van der Waals surface area contributed by atoms with Gasteiger partial charge in [0.25, 0.3) is 5.91 Å². The van der Waals surface area contributed by atoms with Crippen molar-refractivity contribution >= 4 is 28.5 Å². The zero-order chi connectivity index (χ0) is 18.7. The van der Waals surface area contributed by atoms with Gasteiger partial charge in [-0.3, -0.25) is 9.59 Å². The molecule has 5 nitrogen and oxygen atoms in total. The lowest BCUT2D eigenvalue weighted by molar-refractivity contribution is -0.146. The molecule has 0 spiro atoms. The molecule has 5 heteroatoms. The SMILES string of the molecule is Cc1cc2occ(CC(=O)OCC(=O)Nc3ccccc3C)c2cc1C. The second kappa shape index (κ2) is 7.44. The second-order valence-corrected chi connectivity index (χ2v) is 6.39. The third kappa shape index (κ3) is 3.94. The normalized spacial score (nSPS) is 10.7. The average Bonchev–Trinajstić information content (AvgIpc) is 2.97. The molecule has 2 aromatic carbocycles. The van der Waals surface area contributed by atoms with E-state index < -0.39 is 5.97 Å². The Hall–Kier alpha value is -3.08. The number of furan rings is 1. The highest BCUT2D eigenvalue weighted by Gasteiger charge is 2.14. The van der Waals surface area contributed by atoms with Gasteiger partial charge < -0.3 is 14.5 Å². The van der Waals surface area contributed by atoms with E-state index >= 15 is 0 Å². The van der Waals surface area contributed by atoms with Gasteiger partial charge in [0.1, 0.15) is 5.58 Å². The number of amides is 1. The first-order valence-corrected chi connectivity index (χ1v) is 8.42. The van der Waals surface area contributed by atoms with Gasteiger partial charge in [0.05, 0.1) is 12.7 Å². The van der Waals surface area contributed by atoms with E-state index in [-0.39, 0.29) is 18.9 Å². The summed E-state index contributed by atoms with van der Waals surface area (Å²) in [5, 5.41) is 3.63. The van der Waals surface area contributed by atoms with Crippen molar-refractivity contribution in [3.8, 4) is 0 Å². The average molecular weight is 351 g/mol. The van der Waals surface area contributed by atoms with Gasteiger partial charge in [0, 0.05) is 16.6 Å². The fourth-order valence-corrected chi connectivity index (χ4v) is 2.73. The van der Waals surface area contributed by atoms with Crippen LogP contribution in [0.5, 0.6) is 0 Å². The van der Waals surface area contributed by atoms with E-state index in [4.69, 9.17) is 9.15 Å². The molecular formula is C21H21NO4. The Morgan fingerprint density at radius 3 is 2.54 bits per heavy atom. The zero-order valence-electron chi connectivity index (χ0n) is 15.1. The zero-order valence-corrected chi connectivity index (χ0v) is 15.1. The Morgan fingerprint density at radius 2 is 1.77 bits per heavy atom. The quantitative estimate of drug-likeness (QED) is 0.703. The van der Waals surface area contributed by atoms with Gasteiger partial charge in [-0.2, -0.15) is 0 Å². The minimum Gasteiger partial charge on any atom is -0.464 e. The number of aryl methyl sites for hydroxylation is 3. The van der Waals surface area contributed by atoms with Crippen LogP contribution in [-0.4, -0.2) is 18.5 Å². The first-order valence-electron chi connectivity index (χ1n) is 8.42. The minimum absolute atomic E-state index is 0.0626. The minimum atomic E-state index is -0.467. The predicted molar refractivity (Wildman–Crippen MR) is 100 cm³/mol. The maximum atomic E-state index is 12.1. The van der Waals surface area contributed by atoms with Gasteiger partial charge in [0.15, 0.2) is 6.61 Å². The number of ether oxygens (including phenoxy) is 1. The van der Waals surface area contributed by atoms with Gasteiger partial charge in [0.2, 0.25) is 0 Å². The molecule has 0 unspecified atom stereocenters. The molecule has 0 radical (unpaired) electrons. The molecule has 134 valence electrons. The number of carbonyl (C=O) groups is 2. The smallest absolute Gasteiger partial charge is 0.310 e. The lowest BCUT2D eigenvalue weighted by Crippen LogP contribution is -2.22. The number of hydrogen-bond acceptors (Lipinski definition) is 4. The van der Waals surface area contributed by atoms with Crippen LogP contribution in [0, 0.1) is 20.8 Å². The summed E-state index contributed by atoms with van der Waals surface area (Å²) < 4.78 is 10.6. The number of anilines is 1. The molecular weight excluding hydrogens is 330 g/mol. The van der Waals surface area contributed by atoms with Crippen LogP contribution >= 0.6 is 0 Å². The van der Waals surface area contributed by atoms with Crippen molar-refractivity contribution in [1.29, 1.82) is 0 Å². The summed E-state index contributed by atoms with van der Waals surface area (Å²) in [6.07, 6.45) is 1.63. The van der Waals surface area contributed by atoms with Crippen LogP contribution in [0.25, 0.3) is 11.0 Å². The van der Waals surface area contributed by atoms with Crippen LogP contribution in [-0.2, 0) is 20.7 Å². The van der Waals surface area contributed by atoms with Crippen LogP contribution < -0.4 is 5.32 Å². The van der Waals surface area contributed by atoms with E-state index in [1.165, 1.54) is 0 Å². The highest BCUT2D eigenvalue weighted by molar-refractivity contribution is 5.94. The lowest BCUT2D eigenvalue weighted by atomic mass is 10.0. The lowest BCUT2D eigenvalue weighted by Gasteiger charge is -2.08. The molecule has 0 fully saturated rings. The summed E-state index contributed by atoms with van der Waals surface area (Å²) in [6, 6.07) is 11.4. The van der Waals surface area contributed by atoms with Gasteiger partial charge in [-0.05, 0) is 55.7 Å². The van der Waals surface area contributed by atoms with Crippen LogP contribution in [0.15, 0.2) is 47.1 Å². The number of nitrogens with one attached hydrogen (secondary N) is 1. The second-order valence-electron chi connectivity index (χ2n) is 6.39. The summed E-state index contributed by atoms with van der Waals surface area (Å²) >= 11 is 0. The Balaban J connectivity index is 1.58. The molecule has 1 amide bonds. The third-order valence-corrected chi connectivity index (χ3v) is 4.39. The molecule has 0 saturated carbocycles. The van der Waals surface area contributed by atoms with Gasteiger partial charge in [-0.15, -0.1) is 0 Å². The standard InChI is InChI=1S/C21H21NO4/c1-13-6-4-5-7-18(13)22-20(23)12-26-21(24)10-16-11-25-19-9-15(3)14(2)8-17(16)19/h4-9,11H,10,12H2,1-3H3,(H,22,23). The first kappa shape index (κ1) is 17.7. The highest BCUT2D eigenvalue weighted by Crippen LogP contribution is 2.25. The van der Waals surface area contributed by atoms with Crippen molar-refractivity contribution in [2.45, 2.75) is 27.2 Å². The first-order chi connectivity index (χ1) is 12.4. The fourth-order valence-electron chi connectivity index (χ4n) is 2.73. The molecule has 0 atom stereocenters. The Bertz CT molecular complexity index is 971. The van der Waals surface area contributed by atoms with Gasteiger partial charge in [-0.1, -0.05) is 18.2 Å². The van der Waals surface area contributed by atoms with E-state index in [1.807, 2.05) is 51.1 Å². The number of para-hydroxylation sites is 1. The monoisotopic (exact) mass is 351 g/mol. The summed E-state index contributed by atoms with van der Waals surface area (Å²) in [7, 11) is 0. The van der Waals surface area contributed by atoms with Crippen LogP contribution in [0.4, 0.5) is 5.69 Å². The molecule has 0 aliphatic rings. The maximum Gasteiger partial charge on any atom is 0.310 e. The van der Waals surface area contributed by atoms with E-state index in [9.17, 15) is 9.59 Å². The molecule has 1 heterocycles. The summed E-state index contributed by atoms with van der Waals surface area (Å²) in [5.41, 5.74) is 5.42. The van der Waals surface area contributed by atoms with Crippen LogP contribution in [0.2, 0.25) is 0 Å². The topological polar surface area (TPSA) is 68.5 Å². The van der Waals surface area contributed by atoms with E-state index in [1.54, 1.807) is 12.3 Å². The molecule has 3 aromatic rings. The van der Waals surface area contributed by atoms with Crippen molar-refractivity contribution in [3.05, 3.63) is 64.9 Å². The van der Waals surface area contributed by atoms with Gasteiger partial charge in [-0.25, -0.2) is 0 Å². The van der Waals surface area contributed by atoms with E-state index in [2.05, 4.69) is 5.32 Å². The molecule has 0 saturated heterocycles. The predicted octanol–water partition coefficient (Wildman–Crippen LogP) is 4.08. The maximum absolute atomic E-state index is 12.1. The number of esters is 1. The Kier molecular flexibility index (Phi) is 5.07. The third-order valence-electron chi connectivity index (χ3n) is 4.39. The summed E-state index contributed by atoms with van der Waals surface area (Å²) in [4.78, 5) is 24.0.